The van der Waals surface area contributed by atoms with Crippen LogP contribution >= 0.6 is 0 Å². The summed E-state index contributed by atoms with van der Waals surface area (Å²) in [5.41, 5.74) is 0. The van der Waals surface area contributed by atoms with Crippen molar-refractivity contribution in [2.24, 2.45) is 0 Å². The zero-order valence-corrected chi connectivity index (χ0v) is 9.90. The molecule has 0 bridgehead atoms. The Labute approximate surface area is 86.7 Å². The predicted molar refractivity (Wildman–Crippen MR) is 39.2 cm³/mol. The quantitative estimate of drug-likeness (QED) is 0.390. The maximum Gasteiger partial charge on any atom is 1.00 e. The fourth-order valence-electron chi connectivity index (χ4n) is 0. The van der Waals surface area contributed by atoms with Gasteiger partial charge in [0.25, 0.3) is 10.1 Å². The van der Waals surface area contributed by atoms with E-state index in [-0.39, 0.29) is 31.0 Å². The maximum atomic E-state index is 9.19. The molecule has 0 saturated heterocycles. The van der Waals surface area contributed by atoms with Crippen molar-refractivity contribution in [3.05, 3.63) is 0 Å². The minimum Gasteiger partial charge on any atom is -1.00 e. The Bertz CT molecular complexity index is 125. The molecule has 0 aliphatic rings. The van der Waals surface area contributed by atoms with Crippen molar-refractivity contribution in [2.45, 2.75) is 26.7 Å². The first-order chi connectivity index (χ1) is 3.91. The van der Waals surface area contributed by atoms with Gasteiger partial charge < -0.3 is 1.43 Å². The second-order valence-electron chi connectivity index (χ2n) is 1.73. The Morgan fingerprint density at radius 3 is 1.40 bits per heavy atom. The fraction of sp³-hybridized carbons (Fsp3) is 1.00. The Kier molecular flexibility index (Phi) is 17.0. The molecule has 0 fully saturated rings. The van der Waals surface area contributed by atoms with Gasteiger partial charge >= 0.3 is 29.6 Å². The SMILES string of the molecule is CCCC.CS(=O)(=O)O.[H-].[Na+]. The predicted octanol–water partition coefficient (Wildman–Crippen LogP) is -1.57. The molecule has 0 aliphatic carbocycles. The van der Waals surface area contributed by atoms with Crippen molar-refractivity contribution in [2.75, 3.05) is 6.26 Å². The van der Waals surface area contributed by atoms with E-state index in [0.29, 0.717) is 6.26 Å². The molecule has 0 unspecified atom stereocenters. The van der Waals surface area contributed by atoms with E-state index < -0.39 is 10.1 Å². The van der Waals surface area contributed by atoms with E-state index >= 15 is 0 Å². The Balaban J connectivity index is -0.0000000383. The Hall–Kier alpha value is 0.910. The van der Waals surface area contributed by atoms with Gasteiger partial charge in [-0.05, 0) is 0 Å². The van der Waals surface area contributed by atoms with Gasteiger partial charge in [0, 0.05) is 0 Å². The molecule has 0 radical (unpaired) electrons. The van der Waals surface area contributed by atoms with Gasteiger partial charge in [0.15, 0.2) is 0 Å². The third-order valence-electron chi connectivity index (χ3n) is 0.500. The van der Waals surface area contributed by atoms with E-state index in [2.05, 4.69) is 13.8 Å². The van der Waals surface area contributed by atoms with E-state index in [9.17, 15) is 8.42 Å². The van der Waals surface area contributed by atoms with Gasteiger partial charge in [0.05, 0.1) is 6.26 Å². The largest absolute Gasteiger partial charge is 1.00 e. The molecule has 10 heavy (non-hydrogen) atoms. The number of hydrogen-bond acceptors (Lipinski definition) is 2. The molecule has 1 N–H and O–H groups in total. The third kappa shape index (κ3) is 153. The fourth-order valence-corrected chi connectivity index (χ4v) is 0. The van der Waals surface area contributed by atoms with Crippen LogP contribution in [0, 0.1) is 0 Å². The van der Waals surface area contributed by atoms with Crippen molar-refractivity contribution in [1.82, 2.24) is 0 Å². The van der Waals surface area contributed by atoms with Crippen LogP contribution in [0.1, 0.15) is 28.1 Å². The second kappa shape index (κ2) is 9.91. The van der Waals surface area contributed by atoms with Crippen molar-refractivity contribution in [1.29, 1.82) is 0 Å². The first-order valence-electron chi connectivity index (χ1n) is 2.84. The van der Waals surface area contributed by atoms with Gasteiger partial charge in [-0.2, -0.15) is 8.42 Å². The number of rotatable bonds is 1. The molecule has 60 valence electrons. The van der Waals surface area contributed by atoms with E-state index in [0.717, 1.165) is 0 Å². The average Bonchev–Trinajstić information content (AvgIpc) is 1.61. The summed E-state index contributed by atoms with van der Waals surface area (Å²) in [7, 11) is -3.67. The standard InChI is InChI=1S/C4H10.CH4O3S.Na.H/c1-3-4-2;1-5(2,3)4;;/h3-4H2,1-2H3;1H3,(H,2,3,4);;/q;;+1;-1. The molecule has 5 heteroatoms. The smallest absolute Gasteiger partial charge is 1.00 e. The van der Waals surface area contributed by atoms with E-state index in [1.165, 1.54) is 12.8 Å². The summed E-state index contributed by atoms with van der Waals surface area (Å²) in [5, 5.41) is 0. The summed E-state index contributed by atoms with van der Waals surface area (Å²) in [6.07, 6.45) is 3.35. The first-order valence-corrected chi connectivity index (χ1v) is 4.69. The molecule has 0 aromatic rings. The van der Waals surface area contributed by atoms with Crippen molar-refractivity contribution in [3.63, 3.8) is 0 Å². The van der Waals surface area contributed by atoms with Gasteiger partial charge in [0.1, 0.15) is 0 Å². The van der Waals surface area contributed by atoms with Crippen molar-refractivity contribution in [3.8, 4) is 0 Å². The molecule has 0 heterocycles. The van der Waals surface area contributed by atoms with Crippen LogP contribution < -0.4 is 29.6 Å². The molecule has 0 aromatic carbocycles. The zero-order chi connectivity index (χ0) is 7.91. The zero-order valence-electron chi connectivity index (χ0n) is 8.09. The van der Waals surface area contributed by atoms with Crippen LogP contribution in [-0.2, 0) is 10.1 Å². The van der Waals surface area contributed by atoms with E-state index in [1.807, 2.05) is 0 Å². The molecule has 0 rings (SSSR count). The molecule has 3 nitrogen and oxygen atoms in total. The van der Waals surface area contributed by atoms with Crippen LogP contribution in [0.15, 0.2) is 0 Å². The normalized spacial score (nSPS) is 8.80. The van der Waals surface area contributed by atoms with Gasteiger partial charge in [0.2, 0.25) is 0 Å². The second-order valence-corrected chi connectivity index (χ2v) is 3.20. The van der Waals surface area contributed by atoms with Gasteiger partial charge in [-0.25, -0.2) is 0 Å². The van der Waals surface area contributed by atoms with Crippen LogP contribution in [0.3, 0.4) is 0 Å². The van der Waals surface area contributed by atoms with Crippen molar-refractivity contribution >= 4 is 10.1 Å². The van der Waals surface area contributed by atoms with Crippen LogP contribution in [0.25, 0.3) is 0 Å². The van der Waals surface area contributed by atoms with Crippen molar-refractivity contribution < 1.29 is 44.0 Å². The van der Waals surface area contributed by atoms with Crippen LogP contribution in [0.2, 0.25) is 0 Å². The van der Waals surface area contributed by atoms with Gasteiger partial charge in [-0.15, -0.1) is 0 Å². The summed E-state index contributed by atoms with van der Waals surface area (Å²) in [6, 6.07) is 0. The molecule has 0 saturated carbocycles. The van der Waals surface area contributed by atoms with E-state index in [4.69, 9.17) is 4.55 Å². The summed E-state index contributed by atoms with van der Waals surface area (Å²) in [4.78, 5) is 0. The van der Waals surface area contributed by atoms with Crippen LogP contribution in [0.5, 0.6) is 0 Å². The molecular weight excluding hydrogens is 163 g/mol. The molecule has 0 spiro atoms. The molecule has 0 atom stereocenters. The maximum absolute atomic E-state index is 9.19. The molecule has 0 amide bonds. The van der Waals surface area contributed by atoms with Crippen LogP contribution in [-0.4, -0.2) is 19.2 Å². The number of hydrogen-bond donors (Lipinski definition) is 1. The molecular formula is C5H15NaO3S. The summed E-state index contributed by atoms with van der Waals surface area (Å²) >= 11 is 0. The molecule has 0 aromatic heterocycles. The van der Waals surface area contributed by atoms with Crippen LogP contribution in [0.4, 0.5) is 0 Å². The summed E-state index contributed by atoms with van der Waals surface area (Å²) < 4.78 is 25.9. The minimum absolute atomic E-state index is 0. The third-order valence-corrected chi connectivity index (χ3v) is 0.500. The monoisotopic (exact) mass is 178 g/mol. The molecule has 0 aliphatic heterocycles. The van der Waals surface area contributed by atoms with E-state index in [1.54, 1.807) is 0 Å². The average molecular weight is 178 g/mol. The number of unbranched alkanes of at least 4 members (excludes halogenated alkanes) is 1. The minimum atomic E-state index is -3.67. The Morgan fingerprint density at radius 2 is 1.40 bits per heavy atom. The van der Waals surface area contributed by atoms with Gasteiger partial charge in [-0.1, -0.05) is 26.7 Å². The summed E-state index contributed by atoms with van der Waals surface area (Å²) in [5.74, 6) is 0. The first kappa shape index (κ1) is 17.1. The van der Waals surface area contributed by atoms with Gasteiger partial charge in [-0.3, -0.25) is 4.55 Å². The topological polar surface area (TPSA) is 54.4 Å². The Morgan fingerprint density at radius 1 is 1.30 bits per heavy atom. The summed E-state index contributed by atoms with van der Waals surface area (Å²) in [6.45, 7) is 4.36.